The van der Waals surface area contributed by atoms with Gasteiger partial charge in [0, 0.05) is 6.04 Å². The minimum absolute atomic E-state index is 0.326. The number of carbonyl (C=O) groups excluding carboxylic acids is 1. The van der Waals surface area contributed by atoms with Crippen LogP contribution in [0.4, 0.5) is 0 Å². The average Bonchev–Trinajstić information content (AvgIpc) is 2.66. The minimum Gasteiger partial charge on any atom is -0.322 e. The molecule has 0 spiro atoms. The number of nitrogens with one attached hydrogen (secondary N) is 1. The van der Waals surface area contributed by atoms with Gasteiger partial charge in [0.25, 0.3) is 0 Å². The van der Waals surface area contributed by atoms with E-state index in [1.165, 1.54) is 19.3 Å². The van der Waals surface area contributed by atoms with Crippen LogP contribution in [0.25, 0.3) is 0 Å². The molecule has 1 N–H and O–H groups in total. The van der Waals surface area contributed by atoms with E-state index in [1.54, 1.807) is 0 Å². The zero-order valence-corrected chi connectivity index (χ0v) is 11.4. The van der Waals surface area contributed by atoms with E-state index in [0.29, 0.717) is 30.6 Å². The predicted octanol–water partition coefficient (Wildman–Crippen LogP) is 1.83. The summed E-state index contributed by atoms with van der Waals surface area (Å²) in [5.41, 5.74) is 0. The normalized spacial score (nSPS) is 49.3. The summed E-state index contributed by atoms with van der Waals surface area (Å²) in [5, 5.41) is 3.42. The van der Waals surface area contributed by atoms with Crippen LogP contribution in [-0.4, -0.2) is 29.6 Å². The summed E-state index contributed by atoms with van der Waals surface area (Å²) in [6, 6.07) is 0.613. The number of nitrogens with zero attached hydrogens (tertiary/aromatic N) is 1. The van der Waals surface area contributed by atoms with Gasteiger partial charge in [-0.15, -0.1) is 0 Å². The molecule has 0 radical (unpaired) electrons. The second-order valence-electron chi connectivity index (χ2n) is 7.31. The summed E-state index contributed by atoms with van der Waals surface area (Å²) < 4.78 is 0. The Morgan fingerprint density at radius 2 is 1.94 bits per heavy atom. The fraction of sp³-hybridized carbons (Fsp3) is 0.933. The van der Waals surface area contributed by atoms with Gasteiger partial charge in [-0.05, 0) is 55.3 Å². The standard InChI is InChI=1S/C15H24N2O/c1-8(2)5-11-16-7-12(18)17(11)15-13-9-3-4-10(6-9)14(13)15/h8-11,13-16H,3-7H2,1-2H3. The van der Waals surface area contributed by atoms with Crippen LogP contribution in [0.5, 0.6) is 0 Å². The Balaban J connectivity index is 1.52. The van der Waals surface area contributed by atoms with Crippen LogP contribution >= 0.6 is 0 Å². The monoisotopic (exact) mass is 248 g/mol. The first-order valence-electron chi connectivity index (χ1n) is 7.71. The molecule has 2 bridgehead atoms. The summed E-state index contributed by atoms with van der Waals surface area (Å²) in [6.07, 6.45) is 5.78. The predicted molar refractivity (Wildman–Crippen MR) is 69.7 cm³/mol. The van der Waals surface area contributed by atoms with Gasteiger partial charge in [-0.25, -0.2) is 0 Å². The van der Waals surface area contributed by atoms with Gasteiger partial charge >= 0.3 is 0 Å². The third-order valence-electron chi connectivity index (χ3n) is 5.82. The van der Waals surface area contributed by atoms with Gasteiger partial charge in [-0.3, -0.25) is 10.1 Å². The van der Waals surface area contributed by atoms with E-state index >= 15 is 0 Å². The molecule has 1 heterocycles. The van der Waals surface area contributed by atoms with Crippen molar-refractivity contribution in [2.24, 2.45) is 29.6 Å². The van der Waals surface area contributed by atoms with Crippen molar-refractivity contribution in [2.45, 2.75) is 51.7 Å². The largest absolute Gasteiger partial charge is 0.322 e. The summed E-state index contributed by atoms with van der Waals surface area (Å²) in [5.74, 6) is 4.69. The molecule has 0 aromatic rings. The maximum absolute atomic E-state index is 12.2. The smallest absolute Gasteiger partial charge is 0.238 e. The van der Waals surface area contributed by atoms with Crippen LogP contribution in [0.2, 0.25) is 0 Å². The zero-order valence-electron chi connectivity index (χ0n) is 11.4. The first-order valence-corrected chi connectivity index (χ1v) is 7.71. The molecule has 1 amide bonds. The molecule has 18 heavy (non-hydrogen) atoms. The molecular weight excluding hydrogens is 224 g/mol. The Morgan fingerprint density at radius 1 is 1.28 bits per heavy atom. The van der Waals surface area contributed by atoms with Gasteiger partial charge in [0.05, 0.1) is 12.7 Å². The number of fused-ring (bicyclic) bond motifs is 5. The number of hydrogen-bond donors (Lipinski definition) is 1. The minimum atomic E-state index is 0.326. The van der Waals surface area contributed by atoms with E-state index in [1.807, 2.05) is 0 Å². The summed E-state index contributed by atoms with van der Waals surface area (Å²) in [7, 11) is 0. The van der Waals surface area contributed by atoms with E-state index in [0.717, 1.165) is 30.1 Å². The number of amides is 1. The molecular formula is C15H24N2O. The van der Waals surface area contributed by atoms with Crippen LogP contribution in [0.1, 0.15) is 39.5 Å². The van der Waals surface area contributed by atoms with Crippen molar-refractivity contribution in [3.05, 3.63) is 0 Å². The first-order chi connectivity index (χ1) is 8.66. The highest BCUT2D eigenvalue weighted by Gasteiger charge is 2.68. The number of hydrogen-bond acceptors (Lipinski definition) is 2. The molecule has 3 saturated carbocycles. The molecule has 4 aliphatic rings. The Bertz CT molecular complexity index is 365. The topological polar surface area (TPSA) is 32.3 Å². The van der Waals surface area contributed by atoms with Gasteiger partial charge in [0.15, 0.2) is 0 Å². The second-order valence-corrected chi connectivity index (χ2v) is 7.31. The first kappa shape index (κ1) is 11.3. The van der Waals surface area contributed by atoms with Gasteiger partial charge in [-0.1, -0.05) is 13.8 Å². The van der Waals surface area contributed by atoms with Crippen molar-refractivity contribution in [3.63, 3.8) is 0 Å². The summed E-state index contributed by atoms with van der Waals surface area (Å²) >= 11 is 0. The van der Waals surface area contributed by atoms with E-state index in [2.05, 4.69) is 24.1 Å². The average molecular weight is 248 g/mol. The number of carbonyl (C=O) groups is 1. The molecule has 0 aromatic heterocycles. The summed E-state index contributed by atoms with van der Waals surface area (Å²) in [6.45, 7) is 5.07. The molecule has 4 rings (SSSR count). The third-order valence-corrected chi connectivity index (χ3v) is 5.82. The SMILES string of the molecule is CC(C)CC1NCC(=O)N1C1C2C3CCC(C3)C21. The summed E-state index contributed by atoms with van der Waals surface area (Å²) in [4.78, 5) is 14.4. The van der Waals surface area contributed by atoms with Crippen molar-refractivity contribution in [3.8, 4) is 0 Å². The van der Waals surface area contributed by atoms with E-state index < -0.39 is 0 Å². The van der Waals surface area contributed by atoms with E-state index in [9.17, 15) is 4.79 Å². The van der Waals surface area contributed by atoms with Crippen molar-refractivity contribution in [2.75, 3.05) is 6.54 Å². The molecule has 5 atom stereocenters. The van der Waals surface area contributed by atoms with Crippen molar-refractivity contribution >= 4 is 5.91 Å². The highest BCUT2D eigenvalue weighted by atomic mass is 16.2. The molecule has 3 heteroatoms. The molecule has 3 nitrogen and oxygen atoms in total. The van der Waals surface area contributed by atoms with Crippen LogP contribution in [-0.2, 0) is 4.79 Å². The highest BCUT2D eigenvalue weighted by molar-refractivity contribution is 5.81. The maximum atomic E-state index is 12.2. The van der Waals surface area contributed by atoms with Gasteiger partial charge in [0.2, 0.25) is 5.91 Å². The van der Waals surface area contributed by atoms with Gasteiger partial charge in [-0.2, -0.15) is 0 Å². The number of rotatable bonds is 3. The van der Waals surface area contributed by atoms with Crippen LogP contribution in [0.15, 0.2) is 0 Å². The Morgan fingerprint density at radius 3 is 2.56 bits per heavy atom. The quantitative estimate of drug-likeness (QED) is 0.826. The second kappa shape index (κ2) is 3.72. The Kier molecular flexibility index (Phi) is 2.33. The maximum Gasteiger partial charge on any atom is 0.238 e. The lowest BCUT2D eigenvalue weighted by atomic mass is 10.0. The molecule has 100 valence electrons. The van der Waals surface area contributed by atoms with Crippen molar-refractivity contribution in [1.29, 1.82) is 0 Å². The third kappa shape index (κ3) is 1.43. The lowest BCUT2D eigenvalue weighted by Gasteiger charge is -2.28. The van der Waals surface area contributed by atoms with Crippen molar-refractivity contribution < 1.29 is 4.79 Å². The lowest BCUT2D eigenvalue weighted by molar-refractivity contribution is -0.129. The van der Waals surface area contributed by atoms with Crippen LogP contribution in [0.3, 0.4) is 0 Å². The Labute approximate surface area is 109 Å². The molecule has 4 fully saturated rings. The lowest BCUT2D eigenvalue weighted by Crippen LogP contribution is -2.42. The zero-order chi connectivity index (χ0) is 12.4. The van der Waals surface area contributed by atoms with E-state index in [4.69, 9.17) is 0 Å². The Hall–Kier alpha value is -0.570. The van der Waals surface area contributed by atoms with Gasteiger partial charge in [0.1, 0.15) is 0 Å². The molecule has 5 unspecified atom stereocenters. The fourth-order valence-corrected chi connectivity index (χ4v) is 5.24. The molecule has 3 aliphatic carbocycles. The fourth-order valence-electron chi connectivity index (χ4n) is 5.24. The highest BCUT2D eigenvalue weighted by Crippen LogP contribution is 2.67. The van der Waals surface area contributed by atoms with Crippen LogP contribution in [0, 0.1) is 29.6 Å². The molecule has 0 aromatic carbocycles. The molecule has 1 saturated heterocycles. The van der Waals surface area contributed by atoms with E-state index in [-0.39, 0.29) is 0 Å². The van der Waals surface area contributed by atoms with Crippen molar-refractivity contribution in [1.82, 2.24) is 10.2 Å². The molecule has 1 aliphatic heterocycles. The van der Waals surface area contributed by atoms with Crippen LogP contribution < -0.4 is 5.32 Å². The van der Waals surface area contributed by atoms with Gasteiger partial charge < -0.3 is 4.90 Å².